The van der Waals surface area contributed by atoms with Crippen molar-refractivity contribution in [3.8, 4) is 17.2 Å². The van der Waals surface area contributed by atoms with E-state index in [2.05, 4.69) is 4.74 Å². The molecule has 0 radical (unpaired) electrons. The summed E-state index contributed by atoms with van der Waals surface area (Å²) in [6, 6.07) is 11.6. The van der Waals surface area contributed by atoms with Gasteiger partial charge < -0.3 is 35.2 Å². The molecule has 0 aromatic heterocycles. The van der Waals surface area contributed by atoms with Crippen molar-refractivity contribution in [1.82, 2.24) is 5.06 Å². The van der Waals surface area contributed by atoms with E-state index in [9.17, 15) is 48.7 Å². The second-order valence-electron chi connectivity index (χ2n) is 12.7. The number of amides is 1. The van der Waals surface area contributed by atoms with E-state index in [0.29, 0.717) is 6.07 Å². The van der Waals surface area contributed by atoms with Crippen LogP contribution in [0.25, 0.3) is 0 Å². The Balaban J connectivity index is 1.11. The average molecular weight is 854 g/mol. The zero-order valence-corrected chi connectivity index (χ0v) is 31.8. The summed E-state index contributed by atoms with van der Waals surface area (Å²) >= 11 is 0. The van der Waals surface area contributed by atoms with Crippen LogP contribution in [0.15, 0.2) is 64.4 Å². The summed E-state index contributed by atoms with van der Waals surface area (Å²) in [5, 5.41) is 0.880. The SMILES string of the molecule is Cc1cc(F)c(F)c(OC(=O)CCOCCOCCOCCON2C(=O)c3ccccc3C23c2ccc(N)c(S(=O)(=O)O)c2Oc2c3ccc(N)c2S(=O)(=O)O)c1F. The van der Waals surface area contributed by atoms with Crippen LogP contribution in [0.2, 0.25) is 0 Å². The number of halogens is 3. The predicted molar refractivity (Wildman–Crippen MR) is 194 cm³/mol. The van der Waals surface area contributed by atoms with Gasteiger partial charge in [0.1, 0.15) is 0 Å². The number of nitrogen functional groups attached to an aromatic ring is 2. The minimum Gasteiger partial charge on any atom is -0.453 e. The van der Waals surface area contributed by atoms with Gasteiger partial charge in [-0.3, -0.25) is 23.5 Å². The van der Waals surface area contributed by atoms with Gasteiger partial charge in [-0.05, 0) is 48.9 Å². The first-order valence-corrected chi connectivity index (χ1v) is 19.9. The molecule has 6 rings (SSSR count). The number of ether oxygens (including phenoxy) is 5. The number of hydrogen-bond donors (Lipinski definition) is 4. The van der Waals surface area contributed by atoms with Crippen molar-refractivity contribution < 1.29 is 77.2 Å². The maximum atomic E-state index is 14.1. The Morgan fingerprint density at radius 3 is 1.83 bits per heavy atom. The fraction of sp³-hybridized carbons (Fsp3) is 0.278. The van der Waals surface area contributed by atoms with Crippen LogP contribution in [0.4, 0.5) is 24.5 Å². The highest BCUT2D eigenvalue weighted by Crippen LogP contribution is 2.60. The number of aryl methyl sites for hydroxylation is 1. The maximum Gasteiger partial charge on any atom is 0.313 e. The molecule has 0 bridgehead atoms. The molecule has 1 amide bonds. The van der Waals surface area contributed by atoms with E-state index in [1.807, 2.05) is 0 Å². The largest absolute Gasteiger partial charge is 0.453 e. The van der Waals surface area contributed by atoms with Gasteiger partial charge >= 0.3 is 5.97 Å². The van der Waals surface area contributed by atoms with E-state index < -0.39 is 93.5 Å². The van der Waals surface area contributed by atoms with Gasteiger partial charge in [-0.25, -0.2) is 8.78 Å². The van der Waals surface area contributed by atoms with Crippen molar-refractivity contribution in [1.29, 1.82) is 0 Å². The van der Waals surface area contributed by atoms with Crippen molar-refractivity contribution in [2.75, 3.05) is 57.7 Å². The van der Waals surface area contributed by atoms with Crippen molar-refractivity contribution in [3.63, 3.8) is 0 Å². The third-order valence-electron chi connectivity index (χ3n) is 8.98. The second kappa shape index (κ2) is 16.5. The Kier molecular flexibility index (Phi) is 12.0. The first kappa shape index (κ1) is 42.3. The van der Waals surface area contributed by atoms with Crippen molar-refractivity contribution >= 4 is 43.5 Å². The van der Waals surface area contributed by atoms with Crippen LogP contribution in [0.1, 0.15) is 39.0 Å². The Bertz CT molecular complexity index is 2410. The Hall–Kier alpha value is -5.33. The van der Waals surface area contributed by atoms with Gasteiger partial charge in [0.2, 0.25) is 11.6 Å². The van der Waals surface area contributed by atoms with Crippen LogP contribution in [0.3, 0.4) is 0 Å². The van der Waals surface area contributed by atoms with Crippen LogP contribution in [0.5, 0.6) is 17.2 Å². The zero-order chi connectivity index (χ0) is 42.2. The molecule has 4 aromatic carbocycles. The number of benzene rings is 4. The minimum absolute atomic E-state index is 0.0143. The molecule has 58 heavy (non-hydrogen) atoms. The molecule has 1 spiro atoms. The molecule has 0 aliphatic carbocycles. The summed E-state index contributed by atoms with van der Waals surface area (Å²) in [4.78, 5) is 30.2. The van der Waals surface area contributed by atoms with Gasteiger partial charge in [-0.2, -0.15) is 26.3 Å². The lowest BCUT2D eigenvalue weighted by Crippen LogP contribution is -2.48. The minimum atomic E-state index is -5.18. The van der Waals surface area contributed by atoms with E-state index >= 15 is 0 Å². The summed E-state index contributed by atoms with van der Waals surface area (Å²) in [5.74, 6) is -8.44. The number of rotatable bonds is 16. The van der Waals surface area contributed by atoms with Crippen molar-refractivity contribution in [3.05, 3.63) is 99.9 Å². The van der Waals surface area contributed by atoms with Gasteiger partial charge in [0.05, 0.1) is 64.0 Å². The van der Waals surface area contributed by atoms with Gasteiger partial charge in [0.15, 0.2) is 38.5 Å². The predicted octanol–water partition coefficient (Wildman–Crippen LogP) is 3.90. The van der Waals surface area contributed by atoms with E-state index in [0.717, 1.165) is 17.2 Å². The first-order valence-electron chi connectivity index (χ1n) is 17.0. The smallest absolute Gasteiger partial charge is 0.313 e. The quantitative estimate of drug-likeness (QED) is 0.0311. The zero-order valence-electron chi connectivity index (χ0n) is 30.2. The summed E-state index contributed by atoms with van der Waals surface area (Å²) in [7, 11) is -10.4. The number of hydroxylamine groups is 2. The number of anilines is 2. The number of esters is 1. The third kappa shape index (κ3) is 7.79. The standard InChI is InChI=1S/C36H34F3N3O14S2/c1-19-18-24(37)29(39)32(28(19)38)55-27(43)10-11-51-12-13-52-14-15-53-16-17-54-42-35(44)20-4-2-3-5-21(20)36(42)22-6-8-25(40)33(57(45,46)47)30(22)56-31-23(36)7-9-26(41)34(31)58(48,49)50/h2-9,18H,10-17,40-41H2,1H3,(H,45,46,47)(H,48,49,50). The highest BCUT2D eigenvalue weighted by Gasteiger charge is 2.59. The first-order chi connectivity index (χ1) is 27.4. The van der Waals surface area contributed by atoms with E-state index in [4.69, 9.17) is 35.3 Å². The van der Waals surface area contributed by atoms with Crippen molar-refractivity contribution in [2.45, 2.75) is 28.7 Å². The molecule has 6 N–H and O–H groups in total. The van der Waals surface area contributed by atoms with Crippen LogP contribution < -0.4 is 20.9 Å². The molecule has 0 fully saturated rings. The normalized spacial score (nSPS) is 14.2. The number of fused-ring (bicyclic) bond motifs is 6. The van der Waals surface area contributed by atoms with Crippen LogP contribution in [0, 0.1) is 24.4 Å². The Morgan fingerprint density at radius 2 is 1.28 bits per heavy atom. The highest BCUT2D eigenvalue weighted by molar-refractivity contribution is 7.86. The number of hydrogen-bond acceptors (Lipinski definition) is 14. The number of nitrogens with two attached hydrogens (primary N) is 2. The summed E-state index contributed by atoms with van der Waals surface area (Å²) in [5.41, 5.74) is 8.75. The maximum absolute atomic E-state index is 14.1. The van der Waals surface area contributed by atoms with Gasteiger partial charge in [-0.15, -0.1) is 0 Å². The van der Waals surface area contributed by atoms with Gasteiger partial charge in [-0.1, -0.05) is 18.2 Å². The molecule has 4 aromatic rings. The number of nitrogens with zero attached hydrogens (tertiary/aromatic N) is 1. The molecule has 2 aliphatic rings. The fourth-order valence-corrected chi connectivity index (χ4v) is 8.07. The summed E-state index contributed by atoms with van der Waals surface area (Å²) in [6.07, 6.45) is -0.390. The number of carbonyl (C=O) groups excluding carboxylic acids is 2. The van der Waals surface area contributed by atoms with Crippen LogP contribution in [-0.4, -0.2) is 89.1 Å². The molecular formula is C36H34F3N3O14S2. The molecular weight excluding hydrogens is 820 g/mol. The molecule has 2 heterocycles. The molecule has 0 unspecified atom stereocenters. The molecule has 22 heteroatoms. The summed E-state index contributed by atoms with van der Waals surface area (Å²) < 4.78 is 139. The molecule has 0 atom stereocenters. The molecule has 0 saturated carbocycles. The van der Waals surface area contributed by atoms with Gasteiger partial charge in [0.25, 0.3) is 26.1 Å². The highest BCUT2D eigenvalue weighted by atomic mass is 32.2. The lowest BCUT2D eigenvalue weighted by Gasteiger charge is -2.43. The molecule has 17 nitrogen and oxygen atoms in total. The topological polar surface area (TPSA) is 254 Å². The third-order valence-corrected chi connectivity index (χ3v) is 10.9. The molecule has 310 valence electrons. The fourth-order valence-electron chi connectivity index (χ4n) is 6.57. The monoisotopic (exact) mass is 853 g/mol. The van der Waals surface area contributed by atoms with E-state index in [-0.39, 0.29) is 80.5 Å². The number of carbonyl (C=O) groups is 2. The van der Waals surface area contributed by atoms with E-state index in [1.54, 1.807) is 12.1 Å². The molecule has 2 aliphatic heterocycles. The lowest BCUT2D eigenvalue weighted by atomic mass is 9.75. The van der Waals surface area contributed by atoms with Crippen LogP contribution >= 0.6 is 0 Å². The van der Waals surface area contributed by atoms with Crippen LogP contribution in [-0.2, 0) is 49.6 Å². The molecule has 0 saturated heterocycles. The Labute approximate surface area is 328 Å². The van der Waals surface area contributed by atoms with Gasteiger partial charge in [0, 0.05) is 22.3 Å². The van der Waals surface area contributed by atoms with E-state index in [1.165, 1.54) is 31.2 Å². The second-order valence-corrected chi connectivity index (χ2v) is 15.4. The average Bonchev–Trinajstić information content (AvgIpc) is 3.39. The summed E-state index contributed by atoms with van der Waals surface area (Å²) in [6.45, 7) is 0.684. The Morgan fingerprint density at radius 1 is 0.759 bits per heavy atom. The van der Waals surface area contributed by atoms with Crippen molar-refractivity contribution in [2.24, 2.45) is 0 Å². The lowest BCUT2D eigenvalue weighted by molar-refractivity contribution is -0.171.